The number of amides is 1. The van der Waals surface area contributed by atoms with Crippen LogP contribution in [0.3, 0.4) is 0 Å². The first-order chi connectivity index (χ1) is 13.0. The Hall–Kier alpha value is -2.27. The molecule has 2 unspecified atom stereocenters. The first-order valence-electron chi connectivity index (χ1n) is 9.40. The summed E-state index contributed by atoms with van der Waals surface area (Å²) in [7, 11) is 0. The van der Waals surface area contributed by atoms with Crippen molar-refractivity contribution in [2.75, 3.05) is 18.0 Å². The fraction of sp³-hybridized carbons (Fsp3) is 0.632. The molecule has 0 bridgehead atoms. The first-order valence-corrected chi connectivity index (χ1v) is 9.40. The van der Waals surface area contributed by atoms with Crippen LogP contribution >= 0.6 is 0 Å². The van der Waals surface area contributed by atoms with Gasteiger partial charge in [-0.25, -0.2) is 4.98 Å². The van der Waals surface area contributed by atoms with Gasteiger partial charge in [0.15, 0.2) is 0 Å². The Balaban J connectivity index is 1.46. The summed E-state index contributed by atoms with van der Waals surface area (Å²) in [5, 5.41) is 11.9. The second-order valence-electron chi connectivity index (χ2n) is 7.17. The van der Waals surface area contributed by atoms with E-state index in [0.29, 0.717) is 18.4 Å². The number of carbonyl (C=O) groups is 1. The lowest BCUT2D eigenvalue weighted by Crippen LogP contribution is -2.46. The van der Waals surface area contributed by atoms with Crippen molar-refractivity contribution in [1.82, 2.24) is 10.3 Å². The Bertz CT molecular complexity index is 669. The van der Waals surface area contributed by atoms with Crippen molar-refractivity contribution >= 4 is 11.7 Å². The minimum Gasteiger partial charge on any atom is -0.357 e. The maximum Gasteiger partial charge on any atom is 0.345 e. The van der Waals surface area contributed by atoms with Gasteiger partial charge in [0.1, 0.15) is 11.9 Å². The summed E-state index contributed by atoms with van der Waals surface area (Å²) >= 11 is 0. The molecule has 1 aromatic rings. The summed E-state index contributed by atoms with van der Waals surface area (Å²) in [4.78, 5) is 19.0. The van der Waals surface area contributed by atoms with E-state index in [4.69, 9.17) is 5.26 Å². The molecule has 1 saturated carbocycles. The summed E-state index contributed by atoms with van der Waals surface area (Å²) in [5.74, 6) is 0.744. The van der Waals surface area contributed by atoms with Crippen molar-refractivity contribution in [3.05, 3.63) is 23.9 Å². The molecule has 6 nitrogen and oxygen atoms in total. The van der Waals surface area contributed by atoms with Gasteiger partial charge in [-0.3, -0.25) is 4.79 Å². The second kappa shape index (κ2) is 9.09. The van der Waals surface area contributed by atoms with Gasteiger partial charge in [0.25, 0.3) is 0 Å². The molecular weight excluding hydrogens is 354 g/mol. The standard InChI is InChI=1S/C19H24F2N4O2/c20-19(21)27-16-3-1-2-15(10-16)24-18(26)14-6-8-25(9-7-14)17-5-4-13(11-22)12-23-17/h4-5,12,14-16,19H,1-3,6-10H2,(H,24,26). The molecule has 0 spiro atoms. The molecule has 1 aliphatic heterocycles. The van der Waals surface area contributed by atoms with Crippen LogP contribution in [0.4, 0.5) is 14.6 Å². The van der Waals surface area contributed by atoms with Crippen LogP contribution in [0.5, 0.6) is 0 Å². The number of rotatable bonds is 5. The van der Waals surface area contributed by atoms with E-state index in [0.717, 1.165) is 44.6 Å². The summed E-state index contributed by atoms with van der Waals surface area (Å²) < 4.78 is 29.4. The molecule has 2 heterocycles. The van der Waals surface area contributed by atoms with Gasteiger partial charge in [-0.1, -0.05) is 0 Å². The Labute approximate surface area is 157 Å². The lowest BCUT2D eigenvalue weighted by atomic mass is 9.91. The van der Waals surface area contributed by atoms with Gasteiger partial charge in [0.2, 0.25) is 5.91 Å². The molecule has 146 valence electrons. The number of aromatic nitrogens is 1. The number of halogens is 2. The highest BCUT2D eigenvalue weighted by molar-refractivity contribution is 5.79. The molecule has 1 aromatic heterocycles. The SMILES string of the molecule is N#Cc1ccc(N2CCC(C(=O)NC3CCCC(OC(F)F)C3)CC2)nc1. The summed E-state index contributed by atoms with van der Waals surface area (Å²) in [5.41, 5.74) is 0.523. The smallest absolute Gasteiger partial charge is 0.345 e. The number of nitrogens with zero attached hydrogens (tertiary/aromatic N) is 3. The van der Waals surface area contributed by atoms with Gasteiger partial charge in [-0.2, -0.15) is 14.0 Å². The van der Waals surface area contributed by atoms with Gasteiger partial charge in [-0.05, 0) is 50.7 Å². The summed E-state index contributed by atoms with van der Waals surface area (Å²) in [6.07, 6.45) is 5.17. The van der Waals surface area contributed by atoms with E-state index in [-0.39, 0.29) is 17.9 Å². The average molecular weight is 378 g/mol. The molecule has 1 aliphatic carbocycles. The number of nitriles is 1. The van der Waals surface area contributed by atoms with Crippen LogP contribution < -0.4 is 10.2 Å². The first kappa shape index (κ1) is 19.5. The lowest BCUT2D eigenvalue weighted by Gasteiger charge is -2.34. The number of alkyl halides is 2. The van der Waals surface area contributed by atoms with Crippen LogP contribution in [0.25, 0.3) is 0 Å². The van der Waals surface area contributed by atoms with Crippen LogP contribution in [0.1, 0.15) is 44.1 Å². The second-order valence-corrected chi connectivity index (χ2v) is 7.17. The zero-order chi connectivity index (χ0) is 19.2. The molecule has 0 aromatic carbocycles. The van der Waals surface area contributed by atoms with Crippen molar-refractivity contribution in [2.45, 2.75) is 57.3 Å². The molecule has 2 fully saturated rings. The largest absolute Gasteiger partial charge is 0.357 e. The number of ether oxygens (including phenoxy) is 1. The third-order valence-electron chi connectivity index (χ3n) is 5.33. The molecule has 1 amide bonds. The van der Waals surface area contributed by atoms with E-state index in [1.807, 2.05) is 12.1 Å². The topological polar surface area (TPSA) is 78.2 Å². The molecular formula is C19H24F2N4O2. The highest BCUT2D eigenvalue weighted by Crippen LogP contribution is 2.25. The Kier molecular flexibility index (Phi) is 6.56. The van der Waals surface area contributed by atoms with Crippen LogP contribution in [-0.4, -0.2) is 42.7 Å². The highest BCUT2D eigenvalue weighted by Gasteiger charge is 2.30. The molecule has 0 radical (unpaired) electrons. The third kappa shape index (κ3) is 5.36. The molecule has 3 rings (SSSR count). The number of nitrogens with one attached hydrogen (secondary N) is 1. The maximum absolute atomic E-state index is 12.6. The van der Waals surface area contributed by atoms with E-state index in [9.17, 15) is 13.6 Å². The number of pyridine rings is 1. The molecule has 8 heteroatoms. The van der Waals surface area contributed by atoms with E-state index >= 15 is 0 Å². The monoisotopic (exact) mass is 378 g/mol. The summed E-state index contributed by atoms with van der Waals surface area (Å²) in [6.45, 7) is -1.32. The predicted molar refractivity (Wildman–Crippen MR) is 95.2 cm³/mol. The van der Waals surface area contributed by atoms with Crippen molar-refractivity contribution in [2.24, 2.45) is 5.92 Å². The quantitative estimate of drug-likeness (QED) is 0.852. The Morgan fingerprint density at radius 3 is 2.70 bits per heavy atom. The van der Waals surface area contributed by atoms with Crippen molar-refractivity contribution < 1.29 is 18.3 Å². The fourth-order valence-corrected chi connectivity index (χ4v) is 3.87. The molecule has 2 atom stereocenters. The van der Waals surface area contributed by atoms with Crippen molar-refractivity contribution in [3.63, 3.8) is 0 Å². The van der Waals surface area contributed by atoms with E-state index in [1.165, 1.54) is 0 Å². The predicted octanol–water partition coefficient (Wildman–Crippen LogP) is 2.84. The number of carbonyl (C=O) groups excluding carboxylic acids is 1. The summed E-state index contributed by atoms with van der Waals surface area (Å²) in [6, 6.07) is 5.52. The van der Waals surface area contributed by atoms with Crippen LogP contribution in [-0.2, 0) is 9.53 Å². The number of hydrogen-bond acceptors (Lipinski definition) is 5. The zero-order valence-electron chi connectivity index (χ0n) is 15.1. The Morgan fingerprint density at radius 2 is 2.07 bits per heavy atom. The third-order valence-corrected chi connectivity index (χ3v) is 5.33. The van der Waals surface area contributed by atoms with Gasteiger partial charge in [-0.15, -0.1) is 0 Å². The molecule has 1 saturated heterocycles. The zero-order valence-corrected chi connectivity index (χ0v) is 15.1. The number of anilines is 1. The van der Waals surface area contributed by atoms with Gasteiger partial charge < -0.3 is 15.0 Å². The highest BCUT2D eigenvalue weighted by atomic mass is 19.3. The fourth-order valence-electron chi connectivity index (χ4n) is 3.87. The minimum absolute atomic E-state index is 0.00475. The molecule has 1 N–H and O–H groups in total. The van der Waals surface area contributed by atoms with Crippen LogP contribution in [0.2, 0.25) is 0 Å². The van der Waals surface area contributed by atoms with E-state index < -0.39 is 12.7 Å². The van der Waals surface area contributed by atoms with Crippen molar-refractivity contribution in [1.29, 1.82) is 5.26 Å². The molecule has 2 aliphatic rings. The number of piperidine rings is 1. The van der Waals surface area contributed by atoms with E-state index in [1.54, 1.807) is 12.3 Å². The Morgan fingerprint density at radius 1 is 1.30 bits per heavy atom. The van der Waals surface area contributed by atoms with Crippen molar-refractivity contribution in [3.8, 4) is 6.07 Å². The molecule has 27 heavy (non-hydrogen) atoms. The van der Waals surface area contributed by atoms with Crippen LogP contribution in [0, 0.1) is 17.2 Å². The van der Waals surface area contributed by atoms with E-state index in [2.05, 4.69) is 19.9 Å². The van der Waals surface area contributed by atoms with Gasteiger partial charge >= 0.3 is 6.61 Å². The van der Waals surface area contributed by atoms with Crippen LogP contribution in [0.15, 0.2) is 18.3 Å². The average Bonchev–Trinajstić information content (AvgIpc) is 2.68. The van der Waals surface area contributed by atoms with Gasteiger partial charge in [0.05, 0.1) is 11.7 Å². The maximum atomic E-state index is 12.6. The normalized spacial score (nSPS) is 23.9. The van der Waals surface area contributed by atoms with Gasteiger partial charge in [0, 0.05) is 31.2 Å². The lowest BCUT2D eigenvalue weighted by molar-refractivity contribution is -0.171. The minimum atomic E-state index is -2.76. The number of hydrogen-bond donors (Lipinski definition) is 1.